The number of benzene rings is 2. The van der Waals surface area contributed by atoms with Crippen LogP contribution in [-0.4, -0.2) is 9.67 Å². The van der Waals surface area contributed by atoms with E-state index in [4.69, 9.17) is 16.3 Å². The second-order valence-corrected chi connectivity index (χ2v) is 5.09. The molecule has 0 aliphatic rings. The lowest BCUT2D eigenvalue weighted by molar-refractivity contribution is 0.305. The summed E-state index contributed by atoms with van der Waals surface area (Å²) in [5.41, 5.74) is 2.07. The molecule has 0 saturated carbocycles. The molecule has 0 aliphatic heterocycles. The monoisotopic (exact) mass is 287 g/mol. The Kier molecular flexibility index (Phi) is 3.28. The van der Waals surface area contributed by atoms with Gasteiger partial charge in [-0.25, -0.2) is 0 Å². The normalized spacial score (nSPS) is 10.9. The number of aromatic hydroxyl groups is 1. The lowest BCUT2D eigenvalue weighted by Crippen LogP contribution is -1.94. The first-order valence-corrected chi connectivity index (χ1v) is 6.67. The number of aromatic nitrogens is 1. The molecule has 1 heterocycles. The first kappa shape index (κ1) is 12.9. The molecule has 0 saturated heterocycles. The number of aryl methyl sites for hydroxylation is 1. The molecule has 102 valence electrons. The zero-order chi connectivity index (χ0) is 14.1. The van der Waals surface area contributed by atoms with Crippen LogP contribution in [0.4, 0.5) is 0 Å². The van der Waals surface area contributed by atoms with Crippen molar-refractivity contribution in [3.63, 3.8) is 0 Å². The van der Waals surface area contributed by atoms with Gasteiger partial charge in [0.2, 0.25) is 0 Å². The summed E-state index contributed by atoms with van der Waals surface area (Å²) in [5.74, 6) is 0.840. The maximum absolute atomic E-state index is 9.42. The number of phenolic OH excluding ortho intramolecular Hbond substituents is 1. The quantitative estimate of drug-likeness (QED) is 0.786. The highest BCUT2D eigenvalue weighted by Gasteiger charge is 2.09. The fourth-order valence-corrected chi connectivity index (χ4v) is 2.66. The van der Waals surface area contributed by atoms with Gasteiger partial charge in [0, 0.05) is 30.3 Å². The van der Waals surface area contributed by atoms with Crippen LogP contribution in [0.3, 0.4) is 0 Å². The fraction of sp³-hybridized carbons (Fsp3) is 0.125. The van der Waals surface area contributed by atoms with Crippen molar-refractivity contribution >= 4 is 22.5 Å². The van der Waals surface area contributed by atoms with Crippen molar-refractivity contribution in [2.24, 2.45) is 7.05 Å². The molecule has 0 unspecified atom stereocenters. The lowest BCUT2D eigenvalue weighted by atomic mass is 10.2. The molecule has 0 radical (unpaired) electrons. The third kappa shape index (κ3) is 2.32. The number of halogens is 1. The Morgan fingerprint density at radius 1 is 1.20 bits per heavy atom. The van der Waals surface area contributed by atoms with Crippen LogP contribution in [0.1, 0.15) is 5.56 Å². The minimum Gasteiger partial charge on any atom is -0.508 e. The summed E-state index contributed by atoms with van der Waals surface area (Å²) in [6.07, 6.45) is 2.01. The van der Waals surface area contributed by atoms with E-state index in [-0.39, 0.29) is 5.75 Å². The van der Waals surface area contributed by atoms with Crippen LogP contribution < -0.4 is 4.74 Å². The molecule has 3 aromatic rings. The third-order valence-corrected chi connectivity index (χ3v) is 3.55. The SMILES string of the molecule is Cn1cc(COc2cccc(O)c2)c2cccc(Cl)c21. The van der Waals surface area contributed by atoms with E-state index in [1.54, 1.807) is 18.2 Å². The maximum Gasteiger partial charge on any atom is 0.123 e. The van der Waals surface area contributed by atoms with Gasteiger partial charge in [-0.1, -0.05) is 29.8 Å². The summed E-state index contributed by atoms with van der Waals surface area (Å²) in [7, 11) is 1.96. The number of nitrogens with zero attached hydrogens (tertiary/aromatic N) is 1. The molecule has 1 aromatic heterocycles. The molecule has 0 aliphatic carbocycles. The summed E-state index contributed by atoms with van der Waals surface area (Å²) in [5, 5.41) is 11.2. The van der Waals surface area contributed by atoms with Gasteiger partial charge in [-0.3, -0.25) is 0 Å². The molecular formula is C16H14ClNO2. The van der Waals surface area contributed by atoms with Gasteiger partial charge in [-0.15, -0.1) is 0 Å². The van der Waals surface area contributed by atoms with Crippen LogP contribution in [0.5, 0.6) is 11.5 Å². The number of hydrogen-bond donors (Lipinski definition) is 1. The average Bonchev–Trinajstić information content (AvgIpc) is 2.75. The van der Waals surface area contributed by atoms with Gasteiger partial charge in [0.15, 0.2) is 0 Å². The Labute approximate surface area is 122 Å². The average molecular weight is 288 g/mol. The topological polar surface area (TPSA) is 34.4 Å². The van der Waals surface area contributed by atoms with Gasteiger partial charge in [0.05, 0.1) is 10.5 Å². The van der Waals surface area contributed by atoms with E-state index in [9.17, 15) is 5.11 Å². The van der Waals surface area contributed by atoms with Crippen molar-refractivity contribution in [1.82, 2.24) is 4.57 Å². The van der Waals surface area contributed by atoms with E-state index >= 15 is 0 Å². The van der Waals surface area contributed by atoms with Crippen LogP contribution in [0, 0.1) is 0 Å². The van der Waals surface area contributed by atoms with Gasteiger partial charge in [-0.05, 0) is 18.2 Å². The van der Waals surface area contributed by atoms with Crippen molar-refractivity contribution in [2.75, 3.05) is 0 Å². The maximum atomic E-state index is 9.42. The number of ether oxygens (including phenoxy) is 1. The zero-order valence-corrected chi connectivity index (χ0v) is 11.8. The number of para-hydroxylation sites is 1. The van der Waals surface area contributed by atoms with E-state index in [1.165, 1.54) is 0 Å². The Bertz CT molecular complexity index is 764. The van der Waals surface area contributed by atoms with Crippen LogP contribution in [0.2, 0.25) is 5.02 Å². The molecule has 0 spiro atoms. The summed E-state index contributed by atoms with van der Waals surface area (Å²) in [4.78, 5) is 0. The van der Waals surface area contributed by atoms with E-state index in [0.717, 1.165) is 21.5 Å². The van der Waals surface area contributed by atoms with Crippen molar-refractivity contribution < 1.29 is 9.84 Å². The summed E-state index contributed by atoms with van der Waals surface area (Å²) in [6.45, 7) is 0.432. The molecule has 3 rings (SSSR count). The van der Waals surface area contributed by atoms with E-state index in [1.807, 2.05) is 42.1 Å². The van der Waals surface area contributed by atoms with E-state index in [0.29, 0.717) is 12.4 Å². The fourth-order valence-electron chi connectivity index (χ4n) is 2.35. The molecule has 4 heteroatoms. The van der Waals surface area contributed by atoms with Gasteiger partial charge < -0.3 is 14.4 Å². The Balaban J connectivity index is 1.90. The predicted molar refractivity (Wildman–Crippen MR) is 80.4 cm³/mol. The van der Waals surface area contributed by atoms with Crippen LogP contribution >= 0.6 is 11.6 Å². The molecular weight excluding hydrogens is 274 g/mol. The van der Waals surface area contributed by atoms with Crippen LogP contribution in [0.15, 0.2) is 48.7 Å². The molecule has 0 atom stereocenters. The minimum absolute atomic E-state index is 0.198. The molecule has 0 amide bonds. The second kappa shape index (κ2) is 5.10. The number of fused-ring (bicyclic) bond motifs is 1. The van der Waals surface area contributed by atoms with Gasteiger partial charge >= 0.3 is 0 Å². The summed E-state index contributed by atoms with van der Waals surface area (Å²) in [6, 6.07) is 12.6. The molecule has 0 bridgehead atoms. The number of hydrogen-bond acceptors (Lipinski definition) is 2. The number of rotatable bonds is 3. The largest absolute Gasteiger partial charge is 0.508 e. The van der Waals surface area contributed by atoms with Gasteiger partial charge in [0.25, 0.3) is 0 Å². The molecule has 3 nitrogen and oxygen atoms in total. The van der Waals surface area contributed by atoms with Crippen molar-refractivity contribution in [2.45, 2.75) is 6.61 Å². The number of phenols is 1. The standard InChI is InChI=1S/C16H14ClNO2/c1-18-9-11(14-6-3-7-15(17)16(14)18)10-20-13-5-2-4-12(19)8-13/h2-9,19H,10H2,1H3. The van der Waals surface area contributed by atoms with Crippen LogP contribution in [-0.2, 0) is 13.7 Å². The third-order valence-electron chi connectivity index (χ3n) is 3.25. The smallest absolute Gasteiger partial charge is 0.123 e. The molecule has 0 fully saturated rings. The van der Waals surface area contributed by atoms with Crippen LogP contribution in [0.25, 0.3) is 10.9 Å². The highest BCUT2D eigenvalue weighted by Crippen LogP contribution is 2.28. The van der Waals surface area contributed by atoms with E-state index < -0.39 is 0 Å². The Morgan fingerprint density at radius 2 is 2.00 bits per heavy atom. The Morgan fingerprint density at radius 3 is 2.80 bits per heavy atom. The first-order chi connectivity index (χ1) is 9.65. The molecule has 20 heavy (non-hydrogen) atoms. The van der Waals surface area contributed by atoms with Gasteiger partial charge in [-0.2, -0.15) is 0 Å². The van der Waals surface area contributed by atoms with Crippen molar-refractivity contribution in [3.8, 4) is 11.5 Å². The minimum atomic E-state index is 0.198. The second-order valence-electron chi connectivity index (χ2n) is 4.69. The van der Waals surface area contributed by atoms with Gasteiger partial charge in [0.1, 0.15) is 18.1 Å². The highest BCUT2D eigenvalue weighted by atomic mass is 35.5. The van der Waals surface area contributed by atoms with Crippen molar-refractivity contribution in [1.29, 1.82) is 0 Å². The highest BCUT2D eigenvalue weighted by molar-refractivity contribution is 6.35. The van der Waals surface area contributed by atoms with Crippen molar-refractivity contribution in [3.05, 3.63) is 59.2 Å². The summed E-state index contributed by atoms with van der Waals surface area (Å²) >= 11 is 6.22. The first-order valence-electron chi connectivity index (χ1n) is 6.29. The molecule has 2 aromatic carbocycles. The van der Waals surface area contributed by atoms with E-state index in [2.05, 4.69) is 0 Å². The molecule has 1 N–H and O–H groups in total. The predicted octanol–water partition coefficient (Wildman–Crippen LogP) is 4.12. The Hall–Kier alpha value is -2.13. The summed E-state index contributed by atoms with van der Waals surface area (Å²) < 4.78 is 7.72. The lowest BCUT2D eigenvalue weighted by Gasteiger charge is -2.05. The zero-order valence-electron chi connectivity index (χ0n) is 11.0.